The molecule has 1 aliphatic carbocycles. The van der Waals surface area contributed by atoms with E-state index in [-0.39, 0.29) is 17.9 Å². The molecule has 3 rings (SSSR count). The van der Waals surface area contributed by atoms with E-state index in [0.717, 1.165) is 30.5 Å². The predicted molar refractivity (Wildman–Crippen MR) is 86.7 cm³/mol. The Balaban J connectivity index is 1.59. The Morgan fingerprint density at radius 2 is 2.14 bits per heavy atom. The van der Waals surface area contributed by atoms with Crippen molar-refractivity contribution in [3.63, 3.8) is 0 Å². The zero-order valence-electron chi connectivity index (χ0n) is 13.0. The van der Waals surface area contributed by atoms with Gasteiger partial charge < -0.3 is 9.74 Å². The molecular weight excluding hydrogens is 276 g/mol. The van der Waals surface area contributed by atoms with Gasteiger partial charge in [0.2, 0.25) is 5.91 Å². The number of amides is 1. The maximum absolute atomic E-state index is 12.3. The molecule has 1 aliphatic heterocycles. The van der Waals surface area contributed by atoms with E-state index in [4.69, 9.17) is 4.84 Å². The Labute approximate surface area is 131 Å². The van der Waals surface area contributed by atoms with Crippen molar-refractivity contribution in [1.29, 1.82) is 0 Å². The molecule has 1 aromatic rings. The molecule has 0 bridgehead atoms. The van der Waals surface area contributed by atoms with E-state index in [1.165, 1.54) is 5.56 Å². The average molecular weight is 298 g/mol. The molecule has 0 N–H and O–H groups in total. The summed E-state index contributed by atoms with van der Waals surface area (Å²) in [5, 5.41) is 4.20. The van der Waals surface area contributed by atoms with Gasteiger partial charge >= 0.3 is 0 Å². The van der Waals surface area contributed by atoms with Crippen molar-refractivity contribution in [2.45, 2.75) is 32.3 Å². The van der Waals surface area contributed by atoms with E-state index in [1.807, 2.05) is 4.90 Å². The van der Waals surface area contributed by atoms with Crippen LogP contribution in [0.1, 0.15) is 30.4 Å². The first-order valence-electron chi connectivity index (χ1n) is 7.87. The molecule has 0 radical (unpaired) electrons. The molecule has 1 heterocycles. The van der Waals surface area contributed by atoms with Crippen LogP contribution in [0.5, 0.6) is 0 Å². The van der Waals surface area contributed by atoms with Gasteiger partial charge in [0.1, 0.15) is 0 Å². The van der Waals surface area contributed by atoms with E-state index in [2.05, 4.69) is 42.9 Å². The van der Waals surface area contributed by atoms with Crippen molar-refractivity contribution in [2.24, 2.45) is 11.1 Å². The molecule has 1 atom stereocenters. The van der Waals surface area contributed by atoms with Crippen molar-refractivity contribution < 1.29 is 9.63 Å². The first-order valence-corrected chi connectivity index (χ1v) is 7.87. The lowest BCUT2D eigenvalue weighted by Gasteiger charge is -2.23. The molecule has 2 aliphatic rings. The third-order valence-corrected chi connectivity index (χ3v) is 4.13. The standard InChI is InChI=1S/C18H22N2O2/c1-3-10-20(18(21)15-8-9-15)12-16-11-17(19-22-16)14-6-4-13(2)5-7-14/h3-7,15-16H,1,8-12H2,2H3/t16-/m1/s1. The number of carbonyl (C=O) groups is 1. The Kier molecular flexibility index (Phi) is 4.27. The summed E-state index contributed by atoms with van der Waals surface area (Å²) in [6.07, 6.45) is 4.50. The summed E-state index contributed by atoms with van der Waals surface area (Å²) in [6, 6.07) is 8.28. The second-order valence-electron chi connectivity index (χ2n) is 6.14. The van der Waals surface area contributed by atoms with Crippen molar-refractivity contribution in [1.82, 2.24) is 4.90 Å². The quantitative estimate of drug-likeness (QED) is 0.758. The third kappa shape index (κ3) is 3.38. The molecule has 4 heteroatoms. The lowest BCUT2D eigenvalue weighted by Crippen LogP contribution is -2.38. The summed E-state index contributed by atoms with van der Waals surface area (Å²) < 4.78 is 0. The van der Waals surface area contributed by atoms with E-state index < -0.39 is 0 Å². The Bertz CT molecular complexity index is 588. The number of oxime groups is 1. The molecule has 0 spiro atoms. The molecule has 0 aromatic heterocycles. The Hall–Kier alpha value is -2.10. The fourth-order valence-corrected chi connectivity index (χ4v) is 2.69. The first-order chi connectivity index (χ1) is 10.7. The lowest BCUT2D eigenvalue weighted by atomic mass is 10.0. The maximum atomic E-state index is 12.3. The Morgan fingerprint density at radius 3 is 2.77 bits per heavy atom. The lowest BCUT2D eigenvalue weighted by molar-refractivity contribution is -0.133. The summed E-state index contributed by atoms with van der Waals surface area (Å²) in [5.74, 6) is 0.450. The van der Waals surface area contributed by atoms with Crippen molar-refractivity contribution in [3.8, 4) is 0 Å². The van der Waals surface area contributed by atoms with Crippen LogP contribution in [0, 0.1) is 12.8 Å². The molecular formula is C18H22N2O2. The number of rotatable bonds is 6. The van der Waals surface area contributed by atoms with E-state index in [0.29, 0.717) is 13.1 Å². The maximum Gasteiger partial charge on any atom is 0.226 e. The van der Waals surface area contributed by atoms with Crippen molar-refractivity contribution >= 4 is 11.6 Å². The summed E-state index contributed by atoms with van der Waals surface area (Å²) in [7, 11) is 0. The zero-order valence-corrected chi connectivity index (χ0v) is 13.0. The number of carbonyl (C=O) groups excluding carboxylic acids is 1. The highest BCUT2D eigenvalue weighted by Crippen LogP contribution is 2.31. The summed E-state index contributed by atoms with van der Waals surface area (Å²) in [6.45, 7) is 6.97. The molecule has 0 unspecified atom stereocenters. The first kappa shape index (κ1) is 14.8. The van der Waals surface area contributed by atoms with E-state index in [1.54, 1.807) is 6.08 Å². The minimum atomic E-state index is -0.0565. The second-order valence-corrected chi connectivity index (χ2v) is 6.14. The highest BCUT2D eigenvalue weighted by molar-refractivity contribution is 6.01. The number of hydrogen-bond donors (Lipinski definition) is 0. The van der Waals surface area contributed by atoms with Crippen LogP contribution in [0.3, 0.4) is 0 Å². The molecule has 4 nitrogen and oxygen atoms in total. The van der Waals surface area contributed by atoms with Gasteiger partial charge in [-0.1, -0.05) is 41.1 Å². The molecule has 1 fully saturated rings. The molecule has 22 heavy (non-hydrogen) atoms. The SMILES string of the molecule is C=CCN(C[C@H]1CC(c2ccc(C)cc2)=NO1)C(=O)C1CC1. The van der Waals surface area contributed by atoms with Crippen LogP contribution in [-0.4, -0.2) is 35.7 Å². The minimum Gasteiger partial charge on any atom is -0.390 e. The summed E-state index contributed by atoms with van der Waals surface area (Å²) in [4.78, 5) is 19.6. The van der Waals surface area contributed by atoms with Crippen LogP contribution >= 0.6 is 0 Å². The molecule has 116 valence electrons. The molecule has 1 amide bonds. The van der Waals surface area contributed by atoms with E-state index in [9.17, 15) is 4.79 Å². The van der Waals surface area contributed by atoms with Crippen LogP contribution in [0.15, 0.2) is 42.1 Å². The Morgan fingerprint density at radius 1 is 1.41 bits per heavy atom. The topological polar surface area (TPSA) is 41.9 Å². The third-order valence-electron chi connectivity index (χ3n) is 4.13. The zero-order chi connectivity index (χ0) is 15.5. The van der Waals surface area contributed by atoms with Gasteiger partial charge in [0.15, 0.2) is 6.10 Å². The summed E-state index contributed by atoms with van der Waals surface area (Å²) in [5.41, 5.74) is 3.28. The van der Waals surface area contributed by atoms with Gasteiger partial charge in [-0.25, -0.2) is 0 Å². The largest absolute Gasteiger partial charge is 0.390 e. The number of aryl methyl sites for hydroxylation is 1. The van der Waals surface area contributed by atoms with Crippen LogP contribution in [0.25, 0.3) is 0 Å². The van der Waals surface area contributed by atoms with Gasteiger partial charge in [0.05, 0.1) is 12.3 Å². The van der Waals surface area contributed by atoms with Crippen LogP contribution in [0.4, 0.5) is 0 Å². The van der Waals surface area contributed by atoms with Gasteiger partial charge in [-0.3, -0.25) is 4.79 Å². The number of benzene rings is 1. The van der Waals surface area contributed by atoms with Gasteiger partial charge in [-0.15, -0.1) is 6.58 Å². The smallest absolute Gasteiger partial charge is 0.226 e. The van der Waals surface area contributed by atoms with Crippen molar-refractivity contribution in [3.05, 3.63) is 48.0 Å². The van der Waals surface area contributed by atoms with Crippen LogP contribution in [-0.2, 0) is 9.63 Å². The molecule has 1 aromatic carbocycles. The number of hydrogen-bond acceptors (Lipinski definition) is 3. The second kappa shape index (κ2) is 6.34. The van der Waals surface area contributed by atoms with E-state index >= 15 is 0 Å². The molecule has 0 saturated heterocycles. The van der Waals surface area contributed by atoms with Gasteiger partial charge in [0, 0.05) is 18.9 Å². The monoisotopic (exact) mass is 298 g/mol. The van der Waals surface area contributed by atoms with Gasteiger partial charge in [-0.2, -0.15) is 0 Å². The average Bonchev–Trinajstić information content (AvgIpc) is 3.27. The predicted octanol–water partition coefficient (Wildman–Crippen LogP) is 2.91. The minimum absolute atomic E-state index is 0.0565. The fourth-order valence-electron chi connectivity index (χ4n) is 2.69. The number of nitrogens with zero attached hydrogens (tertiary/aromatic N) is 2. The normalized spacial score (nSPS) is 20.2. The van der Waals surface area contributed by atoms with Crippen LogP contribution < -0.4 is 0 Å². The highest BCUT2D eigenvalue weighted by Gasteiger charge is 2.35. The summed E-state index contributed by atoms with van der Waals surface area (Å²) >= 11 is 0. The van der Waals surface area contributed by atoms with Gasteiger partial charge in [-0.05, 0) is 25.3 Å². The highest BCUT2D eigenvalue weighted by atomic mass is 16.6. The van der Waals surface area contributed by atoms with Gasteiger partial charge in [0.25, 0.3) is 0 Å². The van der Waals surface area contributed by atoms with Crippen LogP contribution in [0.2, 0.25) is 0 Å². The fraction of sp³-hybridized carbons (Fsp3) is 0.444. The van der Waals surface area contributed by atoms with Crippen molar-refractivity contribution in [2.75, 3.05) is 13.1 Å². The molecule has 1 saturated carbocycles.